The van der Waals surface area contributed by atoms with Gasteiger partial charge < -0.3 is 19.0 Å². The summed E-state index contributed by atoms with van der Waals surface area (Å²) in [7, 11) is -10.1. The van der Waals surface area contributed by atoms with Crippen LogP contribution in [0.2, 0.25) is 45.3 Å². The molecule has 0 aromatic rings. The SMILES string of the molecule is CC(C)(C)P(=O)(C(C)(C)C)C(C)(C)C.CC(C)(C)[Si]([O-])(C(C)(C)C)C(C)(C)C.CC(C)(C)[Si]([O-])(C(C)(C)C)C(C)(C)C.CC(C)(C)[Si]([O-])(C(C)(C)C)C(C)(C)C.[V]. The van der Waals surface area contributed by atoms with Crippen molar-refractivity contribution in [1.29, 1.82) is 0 Å². The first-order chi connectivity index (χ1) is 23.0. The second-order valence-corrected chi connectivity index (χ2v) is 52.2. The molecule has 0 amide bonds. The summed E-state index contributed by atoms with van der Waals surface area (Å²) in [5.41, 5.74) is 0. The van der Waals surface area contributed by atoms with Crippen molar-refractivity contribution in [3.05, 3.63) is 0 Å². The third-order valence-corrected chi connectivity index (χ3v) is 37.0. The molecule has 0 unspecified atom stereocenters. The minimum Gasteiger partial charge on any atom is -0.857 e. The molecule has 349 valence electrons. The first-order valence-electron chi connectivity index (χ1n) is 21.7. The average molecular weight is 916 g/mol. The average Bonchev–Trinajstić information content (AvgIpc) is 2.79. The third kappa shape index (κ3) is 14.7. The molecule has 0 N–H and O–H groups in total. The summed E-state index contributed by atoms with van der Waals surface area (Å²) in [5, 5.41) is -1.21. The van der Waals surface area contributed by atoms with Gasteiger partial charge in [-0.15, -0.1) is 0 Å². The van der Waals surface area contributed by atoms with Crippen molar-refractivity contribution in [3.63, 3.8) is 0 Å². The van der Waals surface area contributed by atoms with Crippen LogP contribution < -0.4 is 14.4 Å². The fraction of sp³-hybridized carbons (Fsp3) is 1.00. The first kappa shape index (κ1) is 67.4. The number of rotatable bonds is 0. The molecule has 57 heavy (non-hydrogen) atoms. The van der Waals surface area contributed by atoms with Gasteiger partial charge in [-0.1, -0.05) is 295 Å². The summed E-state index contributed by atoms with van der Waals surface area (Å²) >= 11 is 0. The van der Waals surface area contributed by atoms with E-state index in [1.165, 1.54) is 0 Å². The van der Waals surface area contributed by atoms with Crippen molar-refractivity contribution in [3.8, 4) is 0 Å². The maximum absolute atomic E-state index is 13.3. The zero-order valence-corrected chi connectivity index (χ0v) is 51.3. The molecule has 0 saturated carbocycles. The molecule has 0 rings (SSSR count). The maximum atomic E-state index is 13.3. The van der Waals surface area contributed by atoms with E-state index in [4.69, 9.17) is 0 Å². The fourth-order valence-corrected chi connectivity index (χ4v) is 39.4. The van der Waals surface area contributed by atoms with Crippen LogP contribution in [0, 0.1) is 0 Å². The zero-order valence-electron chi connectivity index (χ0n) is 46.0. The maximum Gasteiger partial charge on any atom is 0.103 e. The Bertz CT molecular complexity index is 989. The van der Waals surface area contributed by atoms with Gasteiger partial charge in [-0.3, -0.25) is 0 Å². The molecule has 0 atom stereocenters. The van der Waals surface area contributed by atoms with Gasteiger partial charge in [0, 0.05) is 34.0 Å². The Kier molecular flexibility index (Phi) is 22.7. The van der Waals surface area contributed by atoms with E-state index in [0.29, 0.717) is 0 Å². The Morgan fingerprint density at radius 3 is 0.316 bits per heavy atom. The van der Waals surface area contributed by atoms with Gasteiger partial charge in [-0.25, -0.2) is 0 Å². The van der Waals surface area contributed by atoms with Crippen LogP contribution in [0.25, 0.3) is 0 Å². The van der Waals surface area contributed by atoms with Crippen LogP contribution in [0.4, 0.5) is 0 Å². The van der Waals surface area contributed by atoms with E-state index < -0.39 is 32.1 Å². The molecule has 0 spiro atoms. The quantitative estimate of drug-likeness (QED) is 0.179. The molecule has 9 heteroatoms. The van der Waals surface area contributed by atoms with Gasteiger partial charge in [0.25, 0.3) is 0 Å². The van der Waals surface area contributed by atoms with Crippen molar-refractivity contribution >= 4 is 32.1 Å². The van der Waals surface area contributed by atoms with Gasteiger partial charge >= 0.3 is 0 Å². The molecule has 0 aliphatic rings. The van der Waals surface area contributed by atoms with E-state index >= 15 is 0 Å². The number of hydrogen-bond acceptors (Lipinski definition) is 4. The molecule has 0 bridgehead atoms. The van der Waals surface area contributed by atoms with E-state index in [1.807, 2.05) is 0 Å². The van der Waals surface area contributed by atoms with Gasteiger partial charge in [-0.2, -0.15) is 0 Å². The topological polar surface area (TPSA) is 86.2 Å². The molecule has 0 aliphatic carbocycles. The summed E-state index contributed by atoms with van der Waals surface area (Å²) in [4.78, 5) is 39.9. The molecule has 0 aromatic carbocycles. The second-order valence-electron chi connectivity index (χ2n) is 29.4. The Morgan fingerprint density at radius 2 is 0.316 bits per heavy atom. The minimum atomic E-state index is -2.60. The van der Waals surface area contributed by atoms with E-state index in [2.05, 4.69) is 249 Å². The summed E-state index contributed by atoms with van der Waals surface area (Å²) in [6, 6.07) is 0. The monoisotopic (exact) mass is 915 g/mol. The standard InChI is InChI=1S/C12H27OP.3C12H27OSi.V/c4*1-10(2,3)14(13,11(4,5)6)12(7,8)9;/h4*1-9H3;/q;3*-1;. The Balaban J connectivity index is -0.000000210. The summed E-state index contributed by atoms with van der Waals surface area (Å²) < 4.78 is 13.3. The van der Waals surface area contributed by atoms with E-state index in [0.717, 1.165) is 0 Å². The van der Waals surface area contributed by atoms with E-state index in [-0.39, 0.29) is 79.4 Å². The van der Waals surface area contributed by atoms with Crippen molar-refractivity contribution in [1.82, 2.24) is 0 Å². The molecule has 4 nitrogen and oxygen atoms in total. The Morgan fingerprint density at radius 1 is 0.246 bits per heavy atom. The smallest absolute Gasteiger partial charge is 0.103 e. The van der Waals surface area contributed by atoms with Gasteiger partial charge in [-0.05, 0) is 25.0 Å². The van der Waals surface area contributed by atoms with Crippen LogP contribution in [0.15, 0.2) is 0 Å². The largest absolute Gasteiger partial charge is 0.857 e. The molecule has 0 saturated heterocycles. The van der Waals surface area contributed by atoms with Crippen LogP contribution in [0.3, 0.4) is 0 Å². The van der Waals surface area contributed by atoms with Gasteiger partial charge in [0.1, 0.15) is 7.14 Å². The first-order valence-corrected chi connectivity index (χ1v) is 29.1. The van der Waals surface area contributed by atoms with E-state index in [1.54, 1.807) is 0 Å². The third-order valence-electron chi connectivity index (χ3n) is 12.3. The van der Waals surface area contributed by atoms with Crippen LogP contribution in [-0.4, -0.2) is 40.4 Å². The van der Waals surface area contributed by atoms with Crippen LogP contribution in [0.1, 0.15) is 249 Å². The zero-order chi connectivity index (χ0) is 48.0. The minimum absolute atomic E-state index is 0. The normalized spacial score (nSPS) is 15.6. The summed E-state index contributed by atoms with van der Waals surface area (Å²) in [5.74, 6) is 0. The molecular formula is C48H108O4PSi3V-3. The van der Waals surface area contributed by atoms with Crippen molar-refractivity contribution in [2.24, 2.45) is 0 Å². The molecule has 1 radical (unpaired) electrons. The van der Waals surface area contributed by atoms with Gasteiger partial charge in [0.05, 0.1) is 0 Å². The van der Waals surface area contributed by atoms with E-state index in [9.17, 15) is 19.0 Å². The molecule has 0 aromatic heterocycles. The summed E-state index contributed by atoms with van der Waals surface area (Å²) in [6.45, 7) is 76.0. The fourth-order valence-electron chi connectivity index (χ4n) is 13.1. The van der Waals surface area contributed by atoms with Crippen molar-refractivity contribution in [2.45, 2.75) is 310 Å². The predicted octanol–water partition coefficient (Wildman–Crippen LogP) is 15.8. The van der Waals surface area contributed by atoms with Crippen LogP contribution in [-0.2, 0) is 23.1 Å². The molecule has 0 heterocycles. The molecular weight excluding hydrogens is 807 g/mol. The predicted molar refractivity (Wildman–Crippen MR) is 262 cm³/mol. The second kappa shape index (κ2) is 19.2. The van der Waals surface area contributed by atoms with Crippen molar-refractivity contribution < 1.29 is 37.5 Å². The molecule has 0 aliphatic heterocycles. The Hall–Kier alpha value is 1.35. The molecule has 0 fully saturated rings. The summed E-state index contributed by atoms with van der Waals surface area (Å²) in [6.07, 6.45) is 0. The number of hydrogen-bond donors (Lipinski definition) is 0. The van der Waals surface area contributed by atoms with Crippen LogP contribution in [0.5, 0.6) is 0 Å². The Labute approximate surface area is 377 Å². The van der Waals surface area contributed by atoms with Gasteiger partial charge in [0.2, 0.25) is 0 Å². The van der Waals surface area contributed by atoms with Crippen LogP contribution >= 0.6 is 7.14 Å². The van der Waals surface area contributed by atoms with Gasteiger partial charge in [0.15, 0.2) is 0 Å². The van der Waals surface area contributed by atoms with Crippen molar-refractivity contribution in [2.75, 3.05) is 0 Å².